The Morgan fingerprint density at radius 2 is 2.05 bits per heavy atom. The highest BCUT2D eigenvalue weighted by molar-refractivity contribution is 6.30. The van der Waals surface area contributed by atoms with Crippen LogP contribution in [0.3, 0.4) is 0 Å². The Hall–Kier alpha value is -1.85. The largest absolute Gasteiger partial charge is 0.481 e. The summed E-state index contributed by atoms with van der Waals surface area (Å²) in [5, 5.41) is 17.3. The van der Waals surface area contributed by atoms with E-state index in [-0.39, 0.29) is 0 Å². The van der Waals surface area contributed by atoms with Crippen LogP contribution in [0.5, 0.6) is 0 Å². The van der Waals surface area contributed by atoms with Crippen molar-refractivity contribution in [2.75, 3.05) is 6.54 Å². The molecule has 0 bridgehead atoms. The Balaban J connectivity index is 1.85. The van der Waals surface area contributed by atoms with Crippen molar-refractivity contribution in [1.29, 1.82) is 0 Å². The number of benzene rings is 1. The number of halogens is 1. The summed E-state index contributed by atoms with van der Waals surface area (Å²) in [6, 6.07) is 7.46. The van der Waals surface area contributed by atoms with Gasteiger partial charge in [0.25, 0.3) is 0 Å². The van der Waals surface area contributed by atoms with E-state index in [0.29, 0.717) is 24.5 Å². The SMILES string of the molecule is CC(C)(CCNCc1cnn(-c2ccc(Cl)cc2)c1)C(=O)O. The van der Waals surface area contributed by atoms with E-state index >= 15 is 0 Å². The number of rotatable bonds is 7. The standard InChI is InChI=1S/C16H20ClN3O2/c1-16(2,15(21)22)7-8-18-9-12-10-19-20(11-12)14-5-3-13(17)4-6-14/h3-6,10-11,18H,7-9H2,1-2H3,(H,21,22). The number of nitrogens with one attached hydrogen (secondary N) is 1. The molecule has 1 heterocycles. The Kier molecular flexibility index (Phi) is 5.21. The van der Waals surface area contributed by atoms with Crippen LogP contribution < -0.4 is 5.32 Å². The van der Waals surface area contributed by atoms with E-state index in [4.69, 9.17) is 16.7 Å². The molecule has 1 aromatic heterocycles. The molecule has 0 spiro atoms. The van der Waals surface area contributed by atoms with Crippen LogP contribution in [0, 0.1) is 5.41 Å². The van der Waals surface area contributed by atoms with Gasteiger partial charge in [-0.3, -0.25) is 4.79 Å². The zero-order valence-corrected chi connectivity index (χ0v) is 13.5. The molecule has 22 heavy (non-hydrogen) atoms. The van der Waals surface area contributed by atoms with Crippen LogP contribution in [0.15, 0.2) is 36.7 Å². The molecule has 6 heteroatoms. The first-order chi connectivity index (χ1) is 10.4. The average Bonchev–Trinajstić information content (AvgIpc) is 2.93. The fourth-order valence-electron chi connectivity index (χ4n) is 1.93. The normalized spacial score (nSPS) is 11.6. The van der Waals surface area contributed by atoms with Gasteiger partial charge >= 0.3 is 5.97 Å². The molecule has 0 atom stereocenters. The third-order valence-electron chi connectivity index (χ3n) is 3.56. The topological polar surface area (TPSA) is 67.2 Å². The van der Waals surface area contributed by atoms with Crippen molar-refractivity contribution in [3.63, 3.8) is 0 Å². The first-order valence-corrected chi connectivity index (χ1v) is 7.50. The fraction of sp³-hybridized carbons (Fsp3) is 0.375. The number of hydrogen-bond donors (Lipinski definition) is 2. The second-order valence-corrected chi connectivity index (χ2v) is 6.32. The van der Waals surface area contributed by atoms with Crippen LogP contribution in [0.2, 0.25) is 5.02 Å². The predicted octanol–water partition coefficient (Wildman–Crippen LogP) is 3.12. The predicted molar refractivity (Wildman–Crippen MR) is 86.3 cm³/mol. The Morgan fingerprint density at radius 3 is 2.68 bits per heavy atom. The number of hydrogen-bond acceptors (Lipinski definition) is 3. The molecule has 2 N–H and O–H groups in total. The first-order valence-electron chi connectivity index (χ1n) is 7.12. The number of aliphatic carboxylic acids is 1. The molecule has 0 unspecified atom stereocenters. The van der Waals surface area contributed by atoms with Gasteiger partial charge in [-0.15, -0.1) is 0 Å². The lowest BCUT2D eigenvalue weighted by molar-refractivity contribution is -0.147. The molecule has 0 saturated carbocycles. The Bertz CT molecular complexity index is 635. The molecule has 5 nitrogen and oxygen atoms in total. The maximum Gasteiger partial charge on any atom is 0.309 e. The summed E-state index contributed by atoms with van der Waals surface area (Å²) in [4.78, 5) is 11.0. The summed E-state index contributed by atoms with van der Waals surface area (Å²) < 4.78 is 1.79. The molecule has 0 aliphatic carbocycles. The van der Waals surface area contributed by atoms with Crippen LogP contribution in [0.1, 0.15) is 25.8 Å². The second kappa shape index (κ2) is 6.94. The maximum absolute atomic E-state index is 11.0. The zero-order valence-electron chi connectivity index (χ0n) is 12.7. The van der Waals surface area contributed by atoms with E-state index < -0.39 is 11.4 Å². The highest BCUT2D eigenvalue weighted by Crippen LogP contribution is 2.19. The van der Waals surface area contributed by atoms with Gasteiger partial charge in [-0.05, 0) is 51.1 Å². The fourth-order valence-corrected chi connectivity index (χ4v) is 2.05. The number of carboxylic acids is 1. The average molecular weight is 322 g/mol. The van der Waals surface area contributed by atoms with Crippen molar-refractivity contribution < 1.29 is 9.90 Å². The van der Waals surface area contributed by atoms with E-state index in [1.807, 2.05) is 30.5 Å². The number of carboxylic acid groups (broad SMARTS) is 1. The van der Waals surface area contributed by atoms with Crippen molar-refractivity contribution in [2.45, 2.75) is 26.8 Å². The Labute approximate surface area is 134 Å². The van der Waals surface area contributed by atoms with Gasteiger partial charge in [0.15, 0.2) is 0 Å². The van der Waals surface area contributed by atoms with E-state index in [1.54, 1.807) is 24.7 Å². The van der Waals surface area contributed by atoms with E-state index in [9.17, 15) is 4.79 Å². The lowest BCUT2D eigenvalue weighted by Gasteiger charge is -2.18. The molecule has 0 amide bonds. The van der Waals surface area contributed by atoms with Crippen LogP contribution >= 0.6 is 11.6 Å². The van der Waals surface area contributed by atoms with Gasteiger partial charge in [-0.2, -0.15) is 5.10 Å². The summed E-state index contributed by atoms with van der Waals surface area (Å²) in [6.45, 7) is 4.76. The van der Waals surface area contributed by atoms with Crippen molar-refractivity contribution in [3.05, 3.63) is 47.2 Å². The van der Waals surface area contributed by atoms with E-state index in [2.05, 4.69) is 10.4 Å². The minimum Gasteiger partial charge on any atom is -0.481 e. The van der Waals surface area contributed by atoms with Gasteiger partial charge < -0.3 is 10.4 Å². The molecule has 1 aromatic carbocycles. The summed E-state index contributed by atoms with van der Waals surface area (Å²) in [5.41, 5.74) is 1.28. The Morgan fingerprint density at radius 1 is 1.36 bits per heavy atom. The van der Waals surface area contributed by atoms with Crippen molar-refractivity contribution in [1.82, 2.24) is 15.1 Å². The summed E-state index contributed by atoms with van der Waals surface area (Å²) in [7, 11) is 0. The summed E-state index contributed by atoms with van der Waals surface area (Å²) >= 11 is 5.87. The number of carbonyl (C=O) groups is 1. The smallest absolute Gasteiger partial charge is 0.309 e. The first kappa shape index (κ1) is 16.5. The van der Waals surface area contributed by atoms with Gasteiger partial charge in [0.1, 0.15) is 0 Å². The molecule has 0 aliphatic heterocycles. The molecule has 0 aliphatic rings. The van der Waals surface area contributed by atoms with Crippen LogP contribution in [0.25, 0.3) is 5.69 Å². The van der Waals surface area contributed by atoms with E-state index in [1.165, 1.54) is 0 Å². The summed E-state index contributed by atoms with van der Waals surface area (Å²) in [6.07, 6.45) is 4.32. The highest BCUT2D eigenvalue weighted by Gasteiger charge is 2.26. The molecule has 0 saturated heterocycles. The van der Waals surface area contributed by atoms with Gasteiger partial charge in [0.05, 0.1) is 17.3 Å². The molecule has 0 radical (unpaired) electrons. The lowest BCUT2D eigenvalue weighted by Crippen LogP contribution is -2.28. The maximum atomic E-state index is 11.0. The van der Waals surface area contributed by atoms with Crippen molar-refractivity contribution >= 4 is 17.6 Å². The summed E-state index contributed by atoms with van der Waals surface area (Å²) in [5.74, 6) is -0.773. The quantitative estimate of drug-likeness (QED) is 0.769. The van der Waals surface area contributed by atoms with Crippen molar-refractivity contribution in [2.24, 2.45) is 5.41 Å². The van der Waals surface area contributed by atoms with Crippen LogP contribution in [-0.2, 0) is 11.3 Å². The molecule has 0 fully saturated rings. The van der Waals surface area contributed by atoms with Crippen molar-refractivity contribution in [3.8, 4) is 5.69 Å². The highest BCUT2D eigenvalue weighted by atomic mass is 35.5. The third kappa shape index (κ3) is 4.32. The minimum absolute atomic E-state index is 0.577. The minimum atomic E-state index is -0.773. The molecule has 118 valence electrons. The van der Waals surface area contributed by atoms with Gasteiger partial charge in [-0.25, -0.2) is 4.68 Å². The molecular weight excluding hydrogens is 302 g/mol. The van der Waals surface area contributed by atoms with Crippen LogP contribution in [-0.4, -0.2) is 27.4 Å². The molecule has 2 aromatic rings. The van der Waals surface area contributed by atoms with E-state index in [0.717, 1.165) is 11.3 Å². The molecular formula is C16H20ClN3O2. The van der Waals surface area contributed by atoms with Gasteiger partial charge in [-0.1, -0.05) is 11.6 Å². The molecule has 2 rings (SSSR count). The number of aromatic nitrogens is 2. The zero-order chi connectivity index (χ0) is 16.2. The van der Waals surface area contributed by atoms with Crippen LogP contribution in [0.4, 0.5) is 0 Å². The second-order valence-electron chi connectivity index (χ2n) is 5.89. The monoisotopic (exact) mass is 321 g/mol. The lowest BCUT2D eigenvalue weighted by atomic mass is 9.90. The van der Waals surface area contributed by atoms with Gasteiger partial charge in [0, 0.05) is 23.3 Å². The van der Waals surface area contributed by atoms with Gasteiger partial charge in [0.2, 0.25) is 0 Å². The number of nitrogens with zero attached hydrogens (tertiary/aromatic N) is 2. The third-order valence-corrected chi connectivity index (χ3v) is 3.81.